The number of rotatable bonds is 9. The number of aromatic carboxylic acids is 1. The van der Waals surface area contributed by atoms with Gasteiger partial charge in [0.1, 0.15) is 18.1 Å². The molecule has 3 aromatic carbocycles. The molecule has 0 saturated carbocycles. The molecule has 8 nitrogen and oxygen atoms in total. The third-order valence-corrected chi connectivity index (χ3v) is 4.43. The fourth-order valence-electron chi connectivity index (χ4n) is 2.93. The highest BCUT2D eigenvalue weighted by Crippen LogP contribution is 2.23. The number of hydrazone groups is 1. The van der Waals surface area contributed by atoms with Gasteiger partial charge in [0.2, 0.25) is 5.91 Å². The number of carboxylic acid groups (broad SMARTS) is 1. The number of carboxylic acids is 1. The van der Waals surface area contributed by atoms with Gasteiger partial charge in [-0.2, -0.15) is 5.10 Å². The summed E-state index contributed by atoms with van der Waals surface area (Å²) in [5, 5.41) is 16.1. The van der Waals surface area contributed by atoms with E-state index >= 15 is 0 Å². The van der Waals surface area contributed by atoms with Crippen molar-refractivity contribution in [1.82, 2.24) is 0 Å². The van der Waals surface area contributed by atoms with Gasteiger partial charge in [-0.3, -0.25) is 10.2 Å². The molecule has 3 aromatic rings. The first-order chi connectivity index (χ1) is 15.5. The summed E-state index contributed by atoms with van der Waals surface area (Å²) in [4.78, 5) is 22.4. The van der Waals surface area contributed by atoms with Crippen molar-refractivity contribution in [3.63, 3.8) is 0 Å². The molecule has 164 valence electrons. The summed E-state index contributed by atoms with van der Waals surface area (Å²) < 4.78 is 11.3. The van der Waals surface area contributed by atoms with E-state index < -0.39 is 5.97 Å². The lowest BCUT2D eigenvalue weighted by molar-refractivity contribution is -0.114. The number of benzene rings is 3. The van der Waals surface area contributed by atoms with Crippen molar-refractivity contribution < 1.29 is 24.2 Å². The van der Waals surface area contributed by atoms with Crippen LogP contribution in [-0.2, 0) is 11.4 Å². The lowest BCUT2D eigenvalue weighted by Gasteiger charge is -2.12. The molecule has 0 unspecified atom stereocenters. The highest BCUT2D eigenvalue weighted by Gasteiger charge is 2.08. The zero-order valence-corrected chi connectivity index (χ0v) is 17.7. The topological polar surface area (TPSA) is 109 Å². The Kier molecular flexibility index (Phi) is 7.42. The summed E-state index contributed by atoms with van der Waals surface area (Å²) in [5.41, 5.74) is 5.59. The molecule has 0 bridgehead atoms. The molecule has 0 radical (unpaired) electrons. The van der Waals surface area contributed by atoms with Crippen LogP contribution in [0.1, 0.15) is 28.4 Å². The SMILES string of the molecule is COc1ccc(C=NNc2ccccc2C(=O)O)cc1COc1ccc(NC(C)=O)cc1. The minimum Gasteiger partial charge on any atom is -0.496 e. The van der Waals surface area contributed by atoms with E-state index in [2.05, 4.69) is 15.8 Å². The van der Waals surface area contributed by atoms with Crippen LogP contribution in [0.3, 0.4) is 0 Å². The molecule has 0 aliphatic heterocycles. The fourth-order valence-corrected chi connectivity index (χ4v) is 2.93. The predicted molar refractivity (Wildman–Crippen MR) is 123 cm³/mol. The Bertz CT molecular complexity index is 1130. The molecule has 3 rings (SSSR count). The summed E-state index contributed by atoms with van der Waals surface area (Å²) >= 11 is 0. The molecule has 0 heterocycles. The third-order valence-electron chi connectivity index (χ3n) is 4.43. The van der Waals surface area contributed by atoms with Crippen molar-refractivity contribution in [2.45, 2.75) is 13.5 Å². The van der Waals surface area contributed by atoms with E-state index in [-0.39, 0.29) is 18.1 Å². The van der Waals surface area contributed by atoms with Crippen LogP contribution in [-0.4, -0.2) is 30.3 Å². The number of ether oxygens (including phenoxy) is 2. The highest BCUT2D eigenvalue weighted by molar-refractivity contribution is 5.94. The predicted octanol–water partition coefficient (Wildman–Crippen LogP) is 4.38. The van der Waals surface area contributed by atoms with E-state index in [0.29, 0.717) is 22.9 Å². The van der Waals surface area contributed by atoms with Crippen LogP contribution in [0.4, 0.5) is 11.4 Å². The van der Waals surface area contributed by atoms with Crippen LogP contribution in [0.15, 0.2) is 71.8 Å². The summed E-state index contributed by atoms with van der Waals surface area (Å²) in [6.07, 6.45) is 1.59. The van der Waals surface area contributed by atoms with E-state index in [9.17, 15) is 14.7 Å². The van der Waals surface area contributed by atoms with Crippen molar-refractivity contribution >= 4 is 29.5 Å². The Morgan fingerprint density at radius 1 is 1.06 bits per heavy atom. The van der Waals surface area contributed by atoms with Crippen LogP contribution in [0.2, 0.25) is 0 Å². The van der Waals surface area contributed by atoms with Crippen LogP contribution in [0.5, 0.6) is 11.5 Å². The monoisotopic (exact) mass is 433 g/mol. The quantitative estimate of drug-likeness (QED) is 0.341. The second-order valence-electron chi connectivity index (χ2n) is 6.79. The maximum Gasteiger partial charge on any atom is 0.337 e. The van der Waals surface area contributed by atoms with Crippen LogP contribution < -0.4 is 20.2 Å². The number of carbonyl (C=O) groups is 2. The van der Waals surface area contributed by atoms with Gasteiger partial charge in [0, 0.05) is 18.2 Å². The van der Waals surface area contributed by atoms with E-state index in [1.807, 2.05) is 18.2 Å². The number of nitrogens with one attached hydrogen (secondary N) is 2. The van der Waals surface area contributed by atoms with Crippen molar-refractivity contribution in [3.8, 4) is 11.5 Å². The Balaban J connectivity index is 1.68. The van der Waals surface area contributed by atoms with Gasteiger partial charge < -0.3 is 19.9 Å². The first kappa shape index (κ1) is 22.4. The average Bonchev–Trinajstić information content (AvgIpc) is 2.78. The lowest BCUT2D eigenvalue weighted by atomic mass is 10.1. The standard InChI is InChI=1S/C24H23N3O5/c1-16(28)26-19-8-10-20(11-9-19)32-15-18-13-17(7-12-23(18)31-2)14-25-27-22-6-4-3-5-21(22)24(29)30/h3-14,27H,15H2,1-2H3,(H,26,28)(H,29,30). The first-order valence-electron chi connectivity index (χ1n) is 9.75. The largest absolute Gasteiger partial charge is 0.496 e. The number of carbonyl (C=O) groups excluding carboxylic acids is 1. The Morgan fingerprint density at radius 2 is 1.81 bits per heavy atom. The first-order valence-corrected chi connectivity index (χ1v) is 9.75. The summed E-state index contributed by atoms with van der Waals surface area (Å²) in [6.45, 7) is 1.72. The van der Waals surface area contributed by atoms with Gasteiger partial charge in [-0.05, 0) is 60.2 Å². The minimum atomic E-state index is -1.03. The van der Waals surface area contributed by atoms with E-state index in [1.165, 1.54) is 13.0 Å². The third kappa shape index (κ3) is 6.09. The molecule has 0 aliphatic carbocycles. The van der Waals surface area contributed by atoms with Crippen LogP contribution in [0, 0.1) is 0 Å². The van der Waals surface area contributed by atoms with Crippen molar-refractivity contribution in [3.05, 3.63) is 83.4 Å². The molecule has 0 aromatic heterocycles. The van der Waals surface area contributed by atoms with Gasteiger partial charge >= 0.3 is 5.97 Å². The van der Waals surface area contributed by atoms with Crippen LogP contribution >= 0.6 is 0 Å². The van der Waals surface area contributed by atoms with Gasteiger partial charge in [0.15, 0.2) is 0 Å². The second-order valence-corrected chi connectivity index (χ2v) is 6.79. The molecule has 0 atom stereocenters. The summed E-state index contributed by atoms with van der Waals surface area (Å²) in [5.74, 6) is 0.147. The zero-order valence-electron chi connectivity index (χ0n) is 17.7. The Hall–Kier alpha value is -4.33. The lowest BCUT2D eigenvalue weighted by Crippen LogP contribution is -2.05. The number of anilines is 2. The molecule has 0 spiro atoms. The molecule has 3 N–H and O–H groups in total. The number of nitrogens with zero attached hydrogens (tertiary/aromatic N) is 1. The van der Waals surface area contributed by atoms with Crippen molar-refractivity contribution in [2.24, 2.45) is 5.10 Å². The fraction of sp³-hybridized carbons (Fsp3) is 0.125. The van der Waals surface area contributed by atoms with E-state index in [4.69, 9.17) is 9.47 Å². The average molecular weight is 433 g/mol. The number of hydrogen-bond donors (Lipinski definition) is 3. The molecule has 32 heavy (non-hydrogen) atoms. The Morgan fingerprint density at radius 3 is 2.50 bits per heavy atom. The maximum absolute atomic E-state index is 11.3. The minimum absolute atomic E-state index is 0.136. The number of para-hydroxylation sites is 1. The zero-order chi connectivity index (χ0) is 22.9. The van der Waals surface area contributed by atoms with Crippen molar-refractivity contribution in [1.29, 1.82) is 0 Å². The number of amides is 1. The molecular weight excluding hydrogens is 410 g/mol. The van der Waals surface area contributed by atoms with Gasteiger partial charge in [-0.1, -0.05) is 12.1 Å². The van der Waals surface area contributed by atoms with E-state index in [0.717, 1.165) is 11.1 Å². The normalized spacial score (nSPS) is 10.6. The van der Waals surface area contributed by atoms with Gasteiger partial charge in [0.05, 0.1) is 24.6 Å². The highest BCUT2D eigenvalue weighted by atomic mass is 16.5. The molecule has 0 fully saturated rings. The Labute approximate surface area is 185 Å². The molecule has 0 saturated heterocycles. The van der Waals surface area contributed by atoms with Gasteiger partial charge in [-0.15, -0.1) is 0 Å². The second kappa shape index (κ2) is 10.6. The molecule has 8 heteroatoms. The summed E-state index contributed by atoms with van der Waals surface area (Å²) in [7, 11) is 1.58. The van der Waals surface area contributed by atoms with Crippen LogP contribution in [0.25, 0.3) is 0 Å². The molecule has 1 amide bonds. The smallest absolute Gasteiger partial charge is 0.337 e. The van der Waals surface area contributed by atoms with Gasteiger partial charge in [-0.25, -0.2) is 4.79 Å². The van der Waals surface area contributed by atoms with Gasteiger partial charge in [0.25, 0.3) is 0 Å². The molecule has 0 aliphatic rings. The van der Waals surface area contributed by atoms with E-state index in [1.54, 1.807) is 55.8 Å². The van der Waals surface area contributed by atoms with Crippen molar-refractivity contribution in [2.75, 3.05) is 17.9 Å². The summed E-state index contributed by atoms with van der Waals surface area (Å²) in [6, 6.07) is 19.1. The maximum atomic E-state index is 11.3. The molecular formula is C24H23N3O5. The number of hydrogen-bond acceptors (Lipinski definition) is 6. The number of methoxy groups -OCH3 is 1.